The van der Waals surface area contributed by atoms with Crippen molar-refractivity contribution in [2.75, 3.05) is 6.61 Å². The monoisotopic (exact) mass is 318 g/mol. The van der Waals surface area contributed by atoms with Crippen LogP contribution < -0.4 is 4.74 Å². The van der Waals surface area contributed by atoms with Crippen LogP contribution in [0.1, 0.15) is 41.5 Å². The molecule has 7 nitrogen and oxygen atoms in total. The Morgan fingerprint density at radius 3 is 1.91 bits per heavy atom. The fourth-order valence-corrected chi connectivity index (χ4v) is 2.09. The van der Waals surface area contributed by atoms with Gasteiger partial charge < -0.3 is 14.2 Å². The number of hydrogen-bond donors (Lipinski definition) is 0. The Balaban J connectivity index is 2.58. The van der Waals surface area contributed by atoms with Crippen LogP contribution in [-0.4, -0.2) is 30.1 Å². The highest BCUT2D eigenvalue weighted by Crippen LogP contribution is 2.30. The molecule has 120 valence electrons. The van der Waals surface area contributed by atoms with Crippen LogP contribution in [0.4, 0.5) is 0 Å². The smallest absolute Gasteiger partial charge is 0.308 e. The van der Waals surface area contributed by atoms with Crippen molar-refractivity contribution in [2.45, 2.75) is 20.8 Å². The molecule has 0 aromatic heterocycles. The Bertz CT molecular complexity index is 743. The van der Waals surface area contributed by atoms with Crippen molar-refractivity contribution in [1.82, 2.24) is 0 Å². The molecule has 0 N–H and O–H groups in total. The number of Topliss-reactive ketones (excluding diaryl/α,β-unsaturated/α-hetero) is 2. The van der Waals surface area contributed by atoms with Crippen molar-refractivity contribution in [3.05, 3.63) is 40.8 Å². The standard InChI is InChI=1S/C16H14O7/c1-4-21-10-5-6-11-12(7-10)14(20)16(23-9(3)18)15(13(11)19)22-8(2)17/h5-7H,4H2,1-3H3. The third kappa shape index (κ3) is 3.28. The Kier molecular flexibility index (Phi) is 4.59. The molecule has 0 atom stereocenters. The number of esters is 2. The van der Waals surface area contributed by atoms with E-state index in [1.807, 2.05) is 0 Å². The Hall–Kier alpha value is -2.96. The summed E-state index contributed by atoms with van der Waals surface area (Å²) in [6.07, 6.45) is 0. The molecule has 0 radical (unpaired) electrons. The van der Waals surface area contributed by atoms with E-state index in [9.17, 15) is 19.2 Å². The topological polar surface area (TPSA) is 96.0 Å². The number of benzene rings is 1. The van der Waals surface area contributed by atoms with Crippen LogP contribution in [0.15, 0.2) is 29.7 Å². The molecule has 0 bridgehead atoms. The lowest BCUT2D eigenvalue weighted by atomic mass is 9.92. The number of carbonyl (C=O) groups excluding carboxylic acids is 4. The maximum Gasteiger partial charge on any atom is 0.308 e. The van der Waals surface area contributed by atoms with Gasteiger partial charge in [0.25, 0.3) is 0 Å². The van der Waals surface area contributed by atoms with Crippen molar-refractivity contribution in [3.63, 3.8) is 0 Å². The molecule has 0 saturated carbocycles. The highest BCUT2D eigenvalue weighted by atomic mass is 16.6. The molecular weight excluding hydrogens is 304 g/mol. The summed E-state index contributed by atoms with van der Waals surface area (Å²) in [4.78, 5) is 47.3. The first-order valence-electron chi connectivity index (χ1n) is 6.82. The average Bonchev–Trinajstić information content (AvgIpc) is 2.48. The van der Waals surface area contributed by atoms with Gasteiger partial charge >= 0.3 is 11.9 Å². The van der Waals surface area contributed by atoms with Crippen LogP contribution in [0, 0.1) is 0 Å². The highest BCUT2D eigenvalue weighted by Gasteiger charge is 2.37. The molecule has 23 heavy (non-hydrogen) atoms. The van der Waals surface area contributed by atoms with E-state index in [0.29, 0.717) is 12.4 Å². The first-order chi connectivity index (χ1) is 10.8. The minimum atomic E-state index is -0.810. The first kappa shape index (κ1) is 16.4. The zero-order chi connectivity index (χ0) is 17.1. The summed E-state index contributed by atoms with van der Waals surface area (Å²) in [5.74, 6) is -3.85. The van der Waals surface area contributed by atoms with E-state index in [4.69, 9.17) is 14.2 Å². The van der Waals surface area contributed by atoms with Crippen LogP contribution in [0.5, 0.6) is 5.75 Å². The maximum absolute atomic E-state index is 12.5. The number of rotatable bonds is 4. The molecule has 0 unspecified atom stereocenters. The largest absolute Gasteiger partial charge is 0.494 e. The third-order valence-corrected chi connectivity index (χ3v) is 2.90. The summed E-state index contributed by atoms with van der Waals surface area (Å²) in [6.45, 7) is 4.30. The van der Waals surface area contributed by atoms with Gasteiger partial charge in [-0.25, -0.2) is 0 Å². The second kappa shape index (κ2) is 6.43. The van der Waals surface area contributed by atoms with Crippen molar-refractivity contribution >= 4 is 23.5 Å². The van der Waals surface area contributed by atoms with Gasteiger partial charge in [-0.3, -0.25) is 19.2 Å². The van der Waals surface area contributed by atoms with Crippen LogP contribution in [-0.2, 0) is 19.1 Å². The van der Waals surface area contributed by atoms with E-state index in [2.05, 4.69) is 0 Å². The molecule has 1 aliphatic rings. The van der Waals surface area contributed by atoms with E-state index in [1.54, 1.807) is 6.92 Å². The lowest BCUT2D eigenvalue weighted by Crippen LogP contribution is -2.27. The number of allylic oxidation sites excluding steroid dienone is 2. The number of fused-ring (bicyclic) bond motifs is 1. The summed E-state index contributed by atoms with van der Waals surface area (Å²) in [5.41, 5.74) is 0.0682. The average molecular weight is 318 g/mol. The fraction of sp³-hybridized carbons (Fsp3) is 0.250. The summed E-state index contributed by atoms with van der Waals surface area (Å²) >= 11 is 0. The molecule has 0 spiro atoms. The van der Waals surface area contributed by atoms with Crippen molar-refractivity contribution in [3.8, 4) is 5.75 Å². The van der Waals surface area contributed by atoms with Gasteiger partial charge in [0.2, 0.25) is 23.1 Å². The lowest BCUT2D eigenvalue weighted by Gasteiger charge is -2.19. The van der Waals surface area contributed by atoms with Crippen LogP contribution in [0.25, 0.3) is 0 Å². The van der Waals surface area contributed by atoms with E-state index >= 15 is 0 Å². The summed E-state index contributed by atoms with van der Waals surface area (Å²) < 4.78 is 14.9. The predicted octanol–water partition coefficient (Wildman–Crippen LogP) is 1.80. The molecule has 0 aliphatic heterocycles. The molecule has 7 heteroatoms. The van der Waals surface area contributed by atoms with Gasteiger partial charge in [-0.15, -0.1) is 0 Å². The zero-order valence-electron chi connectivity index (χ0n) is 12.8. The van der Waals surface area contributed by atoms with E-state index in [0.717, 1.165) is 13.8 Å². The van der Waals surface area contributed by atoms with Crippen LogP contribution in [0.2, 0.25) is 0 Å². The number of carbonyl (C=O) groups is 4. The molecule has 1 aromatic rings. The molecule has 1 aliphatic carbocycles. The Labute approximate surface area is 131 Å². The minimum absolute atomic E-state index is 0.0214. The molecular formula is C16H14O7. The maximum atomic E-state index is 12.5. The molecule has 0 amide bonds. The molecule has 0 fully saturated rings. The third-order valence-electron chi connectivity index (χ3n) is 2.90. The quantitative estimate of drug-likeness (QED) is 0.781. The number of ketones is 2. The lowest BCUT2D eigenvalue weighted by molar-refractivity contribution is -0.140. The van der Waals surface area contributed by atoms with Gasteiger partial charge in [0.1, 0.15) is 5.75 Å². The summed E-state index contributed by atoms with van der Waals surface area (Å²) in [5, 5.41) is 0. The number of hydrogen-bond acceptors (Lipinski definition) is 7. The predicted molar refractivity (Wildman–Crippen MR) is 76.8 cm³/mol. The van der Waals surface area contributed by atoms with Gasteiger partial charge in [0.05, 0.1) is 6.61 Å². The van der Waals surface area contributed by atoms with Crippen LogP contribution in [0.3, 0.4) is 0 Å². The molecule has 0 saturated heterocycles. The van der Waals surface area contributed by atoms with Crippen molar-refractivity contribution < 1.29 is 33.4 Å². The molecule has 1 aromatic carbocycles. The van der Waals surface area contributed by atoms with Crippen LogP contribution >= 0.6 is 0 Å². The van der Waals surface area contributed by atoms with Gasteiger partial charge in [0, 0.05) is 25.0 Å². The minimum Gasteiger partial charge on any atom is -0.494 e. The normalized spacial score (nSPS) is 13.5. The Morgan fingerprint density at radius 2 is 1.43 bits per heavy atom. The number of ether oxygens (including phenoxy) is 3. The van der Waals surface area contributed by atoms with Crippen molar-refractivity contribution in [1.29, 1.82) is 0 Å². The van der Waals surface area contributed by atoms with Gasteiger partial charge in [-0.05, 0) is 25.1 Å². The van der Waals surface area contributed by atoms with Gasteiger partial charge in [-0.2, -0.15) is 0 Å². The highest BCUT2D eigenvalue weighted by molar-refractivity contribution is 6.26. The second-order valence-corrected chi connectivity index (χ2v) is 4.64. The SMILES string of the molecule is CCOc1ccc2c(c1)C(=O)C(OC(C)=O)=C(OC(C)=O)C2=O. The van der Waals surface area contributed by atoms with E-state index in [1.165, 1.54) is 18.2 Å². The Morgan fingerprint density at radius 1 is 0.913 bits per heavy atom. The van der Waals surface area contributed by atoms with Gasteiger partial charge in [0.15, 0.2) is 0 Å². The zero-order valence-corrected chi connectivity index (χ0v) is 12.8. The summed E-state index contributed by atoms with van der Waals surface area (Å²) in [6, 6.07) is 4.30. The van der Waals surface area contributed by atoms with Crippen molar-refractivity contribution in [2.24, 2.45) is 0 Å². The van der Waals surface area contributed by atoms with E-state index in [-0.39, 0.29) is 11.1 Å². The van der Waals surface area contributed by atoms with Gasteiger partial charge in [-0.1, -0.05) is 0 Å². The summed E-state index contributed by atoms with van der Waals surface area (Å²) in [7, 11) is 0. The van der Waals surface area contributed by atoms with E-state index < -0.39 is 35.0 Å². The fourth-order valence-electron chi connectivity index (χ4n) is 2.09. The molecule has 2 rings (SSSR count). The first-order valence-corrected chi connectivity index (χ1v) is 6.82. The molecule has 0 heterocycles. The second-order valence-electron chi connectivity index (χ2n) is 4.64.